The molecule has 0 saturated heterocycles. The van der Waals surface area contributed by atoms with Gasteiger partial charge >= 0.3 is 0 Å². The van der Waals surface area contributed by atoms with Crippen LogP contribution >= 0.6 is 0 Å². The first-order chi connectivity index (χ1) is 28.8. The molecule has 12 aromatic rings. The van der Waals surface area contributed by atoms with Crippen molar-refractivity contribution in [2.75, 3.05) is 0 Å². The lowest BCUT2D eigenvalue weighted by Gasteiger charge is -2.13. The third-order valence-electron chi connectivity index (χ3n) is 11.4. The van der Waals surface area contributed by atoms with Crippen LogP contribution in [0, 0.1) is 0 Å². The molecule has 4 aromatic heterocycles. The first-order valence-corrected chi connectivity index (χ1v) is 19.5. The highest BCUT2D eigenvalue weighted by Gasteiger charge is 2.21. The molecule has 12 rings (SSSR count). The van der Waals surface area contributed by atoms with E-state index in [1.165, 1.54) is 32.3 Å². The van der Waals surface area contributed by atoms with Crippen molar-refractivity contribution < 1.29 is 0 Å². The summed E-state index contributed by atoms with van der Waals surface area (Å²) in [5.41, 5.74) is 8.46. The van der Waals surface area contributed by atoms with E-state index in [-0.39, 0.29) is 0 Å². The van der Waals surface area contributed by atoms with Crippen molar-refractivity contribution in [3.63, 3.8) is 0 Å². The fraction of sp³-hybridized carbons (Fsp3) is 0. The second kappa shape index (κ2) is 12.8. The van der Waals surface area contributed by atoms with Crippen LogP contribution in [-0.4, -0.2) is 29.1 Å². The Morgan fingerprint density at radius 1 is 0.328 bits per heavy atom. The number of rotatable bonds is 5. The van der Waals surface area contributed by atoms with Gasteiger partial charge < -0.3 is 4.57 Å². The first kappa shape index (κ1) is 32.3. The van der Waals surface area contributed by atoms with E-state index < -0.39 is 0 Å². The summed E-state index contributed by atoms with van der Waals surface area (Å²) in [6, 6.07) is 66.1. The van der Waals surface area contributed by atoms with Crippen LogP contribution in [0.1, 0.15) is 0 Å². The molecule has 0 unspecified atom stereocenters. The second-order valence-corrected chi connectivity index (χ2v) is 14.7. The van der Waals surface area contributed by atoms with Crippen molar-refractivity contribution in [2.45, 2.75) is 0 Å². The van der Waals surface area contributed by atoms with E-state index in [9.17, 15) is 0 Å². The van der Waals surface area contributed by atoms with Gasteiger partial charge in [-0.3, -0.25) is 4.57 Å². The molecule has 0 atom stereocenters. The van der Waals surface area contributed by atoms with Gasteiger partial charge in [0.1, 0.15) is 5.82 Å². The molecule has 0 radical (unpaired) electrons. The van der Waals surface area contributed by atoms with Crippen LogP contribution in [0.4, 0.5) is 0 Å². The van der Waals surface area contributed by atoms with Gasteiger partial charge in [0.25, 0.3) is 0 Å². The lowest BCUT2D eigenvalue weighted by Crippen LogP contribution is -2.00. The summed E-state index contributed by atoms with van der Waals surface area (Å²) in [5.74, 6) is 2.81. The zero-order chi connectivity index (χ0) is 38.2. The van der Waals surface area contributed by atoms with Gasteiger partial charge in [0.05, 0.1) is 27.8 Å². The van der Waals surface area contributed by atoms with E-state index in [0.717, 1.165) is 61.0 Å². The van der Waals surface area contributed by atoms with Crippen molar-refractivity contribution in [2.24, 2.45) is 0 Å². The molecule has 0 spiro atoms. The number of benzene rings is 8. The molecule has 6 nitrogen and oxygen atoms in total. The summed E-state index contributed by atoms with van der Waals surface area (Å²) in [4.78, 5) is 19.8. The van der Waals surface area contributed by atoms with E-state index in [4.69, 9.17) is 19.9 Å². The minimum Gasteiger partial charge on any atom is -0.309 e. The van der Waals surface area contributed by atoms with Gasteiger partial charge in [-0.1, -0.05) is 140 Å². The summed E-state index contributed by atoms with van der Waals surface area (Å²) in [7, 11) is 0. The highest BCUT2D eigenvalue weighted by atomic mass is 15.1. The average Bonchev–Trinajstić information content (AvgIpc) is 3.80. The summed E-state index contributed by atoms with van der Waals surface area (Å²) >= 11 is 0. The quantitative estimate of drug-likeness (QED) is 0.176. The van der Waals surface area contributed by atoms with Crippen molar-refractivity contribution in [1.82, 2.24) is 29.1 Å². The molecule has 0 fully saturated rings. The second-order valence-electron chi connectivity index (χ2n) is 14.7. The summed E-state index contributed by atoms with van der Waals surface area (Å²) in [6.45, 7) is 0. The Labute approximate surface area is 333 Å². The Morgan fingerprint density at radius 2 is 0.983 bits per heavy atom. The Morgan fingerprint density at radius 3 is 1.74 bits per heavy atom. The summed E-state index contributed by atoms with van der Waals surface area (Å²) < 4.78 is 4.74. The van der Waals surface area contributed by atoms with E-state index in [1.807, 2.05) is 72.9 Å². The van der Waals surface area contributed by atoms with E-state index in [1.54, 1.807) is 0 Å². The number of hydrogen-bond donors (Lipinski definition) is 0. The van der Waals surface area contributed by atoms with E-state index in [0.29, 0.717) is 17.5 Å². The van der Waals surface area contributed by atoms with Crippen LogP contribution in [0.25, 0.3) is 111 Å². The molecule has 58 heavy (non-hydrogen) atoms. The molecule has 0 bridgehead atoms. The Hall–Kier alpha value is -7.96. The molecule has 270 valence electrons. The van der Waals surface area contributed by atoms with Crippen molar-refractivity contribution >= 4 is 65.2 Å². The van der Waals surface area contributed by atoms with Gasteiger partial charge in [-0.25, -0.2) is 19.9 Å². The standard InChI is InChI=1S/C52H32N6/c1-3-15-34(16-4-1)50-54-51(35-17-5-2-6-18-35)56-52(55-50)37-25-27-38-36(30-37)19-13-23-43(38)57-44-22-10-9-21-40(44)41-31-42-47(32-46(41)57)58(48-24-11-12-29-53-48)45-28-26-33-14-7-8-20-39(33)49(42)45/h1-32H. The molecule has 0 aliphatic heterocycles. The van der Waals surface area contributed by atoms with Crippen LogP contribution in [0.5, 0.6) is 0 Å². The third kappa shape index (κ3) is 4.98. The smallest absolute Gasteiger partial charge is 0.164 e. The maximum absolute atomic E-state index is 5.02. The molecule has 0 aliphatic carbocycles. The third-order valence-corrected chi connectivity index (χ3v) is 11.4. The lowest BCUT2D eigenvalue weighted by atomic mass is 10.0. The van der Waals surface area contributed by atoms with Gasteiger partial charge in [0, 0.05) is 49.8 Å². The molecular weight excluding hydrogens is 709 g/mol. The molecule has 0 saturated carbocycles. The Balaban J connectivity index is 1.10. The van der Waals surface area contributed by atoms with Gasteiger partial charge in [0.15, 0.2) is 17.5 Å². The van der Waals surface area contributed by atoms with Crippen LogP contribution in [0.3, 0.4) is 0 Å². The Bertz CT molecular complexity index is 3500. The van der Waals surface area contributed by atoms with Gasteiger partial charge in [0.2, 0.25) is 0 Å². The Kier molecular flexibility index (Phi) is 7.13. The molecular formula is C52H32N6. The minimum atomic E-state index is 0.633. The number of nitrogens with zero attached hydrogens (tertiary/aromatic N) is 6. The fourth-order valence-corrected chi connectivity index (χ4v) is 8.78. The predicted octanol–water partition coefficient (Wildman–Crippen LogP) is 12.8. The molecule has 0 amide bonds. The number of fused-ring (bicyclic) bond motifs is 9. The summed E-state index contributed by atoms with van der Waals surface area (Å²) in [6.07, 6.45) is 1.87. The molecule has 8 aromatic carbocycles. The molecule has 0 N–H and O–H groups in total. The van der Waals surface area contributed by atoms with Gasteiger partial charge in [-0.05, 0) is 64.7 Å². The van der Waals surface area contributed by atoms with E-state index >= 15 is 0 Å². The van der Waals surface area contributed by atoms with Crippen LogP contribution in [0.15, 0.2) is 194 Å². The maximum Gasteiger partial charge on any atom is 0.164 e. The van der Waals surface area contributed by atoms with Crippen molar-refractivity contribution in [3.05, 3.63) is 194 Å². The number of para-hydroxylation sites is 1. The lowest BCUT2D eigenvalue weighted by molar-refractivity contribution is 1.07. The fourth-order valence-electron chi connectivity index (χ4n) is 8.78. The largest absolute Gasteiger partial charge is 0.309 e. The van der Waals surface area contributed by atoms with Crippen molar-refractivity contribution in [1.29, 1.82) is 0 Å². The monoisotopic (exact) mass is 740 g/mol. The van der Waals surface area contributed by atoms with Crippen LogP contribution < -0.4 is 0 Å². The maximum atomic E-state index is 5.02. The first-order valence-electron chi connectivity index (χ1n) is 19.5. The zero-order valence-corrected chi connectivity index (χ0v) is 31.2. The number of aromatic nitrogens is 6. The van der Waals surface area contributed by atoms with Gasteiger partial charge in [-0.2, -0.15) is 0 Å². The van der Waals surface area contributed by atoms with Crippen LogP contribution in [-0.2, 0) is 0 Å². The van der Waals surface area contributed by atoms with Crippen molar-refractivity contribution in [3.8, 4) is 45.7 Å². The normalized spacial score (nSPS) is 11.8. The van der Waals surface area contributed by atoms with E-state index in [2.05, 4.69) is 130 Å². The average molecular weight is 741 g/mol. The highest BCUT2D eigenvalue weighted by Crippen LogP contribution is 2.42. The topological polar surface area (TPSA) is 61.4 Å². The molecule has 6 heteroatoms. The highest BCUT2D eigenvalue weighted by molar-refractivity contribution is 6.25. The van der Waals surface area contributed by atoms with Crippen LogP contribution in [0.2, 0.25) is 0 Å². The number of pyridine rings is 1. The zero-order valence-electron chi connectivity index (χ0n) is 31.2. The number of hydrogen-bond acceptors (Lipinski definition) is 4. The van der Waals surface area contributed by atoms with Gasteiger partial charge in [-0.15, -0.1) is 0 Å². The SMILES string of the molecule is c1ccc(-c2nc(-c3ccccc3)nc(-c3ccc4c(-n5c6ccccc6c6cc7c8c9ccccc9ccc8n(-c8ccccn8)c7cc65)cccc4c3)n2)cc1. The molecule has 0 aliphatic rings. The molecule has 4 heterocycles. The summed E-state index contributed by atoms with van der Waals surface area (Å²) in [5, 5.41) is 9.53. The minimum absolute atomic E-state index is 0.633. The predicted molar refractivity (Wildman–Crippen MR) is 238 cm³/mol.